The van der Waals surface area contributed by atoms with Crippen LogP contribution in [0.2, 0.25) is 0 Å². The van der Waals surface area contributed by atoms with Crippen molar-refractivity contribution >= 4 is 7.60 Å². The lowest BCUT2D eigenvalue weighted by Gasteiger charge is -2.15. The molecule has 1 rings (SSSR count). The maximum absolute atomic E-state index is 12.3. The number of nitrogens with zero attached hydrogens (tertiary/aromatic N) is 2. The second-order valence-corrected chi connectivity index (χ2v) is 6.60. The molecule has 0 amide bonds. The minimum atomic E-state index is -2.93. The van der Waals surface area contributed by atoms with E-state index >= 15 is 0 Å². The van der Waals surface area contributed by atoms with Crippen molar-refractivity contribution in [2.24, 2.45) is 0 Å². The molecule has 0 fully saturated rings. The van der Waals surface area contributed by atoms with Gasteiger partial charge in [-0.3, -0.25) is 4.57 Å². The van der Waals surface area contributed by atoms with Crippen LogP contribution in [0.1, 0.15) is 33.6 Å². The van der Waals surface area contributed by atoms with Crippen molar-refractivity contribution in [1.82, 2.24) is 4.57 Å². The van der Waals surface area contributed by atoms with Crippen molar-refractivity contribution < 1.29 is 18.2 Å². The molecule has 0 bridgehead atoms. The summed E-state index contributed by atoms with van der Waals surface area (Å²) in [7, 11) is -2.93. The minimum Gasteiger partial charge on any atom is -0.309 e. The number of rotatable bonds is 10. The normalized spacial score (nSPS) is 11.9. The van der Waals surface area contributed by atoms with E-state index in [0.29, 0.717) is 25.9 Å². The Kier molecular flexibility index (Phi) is 7.36. The number of hydrogen-bond donors (Lipinski definition) is 0. The molecule has 0 N–H and O–H groups in total. The quantitative estimate of drug-likeness (QED) is 0.491. The molecule has 0 aromatic carbocycles. The predicted octanol–water partition coefficient (Wildman–Crippen LogP) is 2.84. The van der Waals surface area contributed by atoms with Crippen molar-refractivity contribution in [3.63, 3.8) is 0 Å². The molecule has 1 aromatic rings. The molecule has 0 spiro atoms. The summed E-state index contributed by atoms with van der Waals surface area (Å²) < 4.78 is 27.0. The van der Waals surface area contributed by atoms with Gasteiger partial charge in [-0.2, -0.15) is 0 Å². The second kappa shape index (κ2) is 8.51. The highest BCUT2D eigenvalue weighted by Crippen LogP contribution is 2.47. The van der Waals surface area contributed by atoms with Gasteiger partial charge >= 0.3 is 7.60 Å². The summed E-state index contributed by atoms with van der Waals surface area (Å²) in [5.74, 6) is 0. The third-order valence-corrected chi connectivity index (χ3v) is 4.85. The van der Waals surface area contributed by atoms with Crippen LogP contribution in [0.3, 0.4) is 0 Å². The molecule has 0 aliphatic heterocycles. The SMILES string of the molecule is CCCC[n+]1ccn(CCP(=O)(OCC)OCC)c1. The molecule has 0 aliphatic carbocycles. The zero-order valence-corrected chi connectivity index (χ0v) is 13.1. The van der Waals surface area contributed by atoms with Gasteiger partial charge in [0.15, 0.2) is 0 Å². The first kappa shape index (κ1) is 16.4. The Morgan fingerprint density at radius 3 is 2.47 bits per heavy atom. The molecule has 1 aromatic heterocycles. The van der Waals surface area contributed by atoms with Crippen LogP contribution in [0.15, 0.2) is 18.7 Å². The van der Waals surface area contributed by atoms with Gasteiger partial charge in [0.1, 0.15) is 18.9 Å². The lowest BCUT2D eigenvalue weighted by atomic mass is 10.3. The highest BCUT2D eigenvalue weighted by molar-refractivity contribution is 7.53. The van der Waals surface area contributed by atoms with Crippen molar-refractivity contribution in [3.05, 3.63) is 18.7 Å². The maximum atomic E-state index is 12.3. The fraction of sp³-hybridized carbons (Fsp3) is 0.769. The van der Waals surface area contributed by atoms with Gasteiger partial charge in [-0.05, 0) is 20.3 Å². The summed E-state index contributed by atoms with van der Waals surface area (Å²) in [6.45, 7) is 8.35. The van der Waals surface area contributed by atoms with E-state index < -0.39 is 7.60 Å². The van der Waals surface area contributed by atoms with E-state index in [0.717, 1.165) is 6.54 Å². The van der Waals surface area contributed by atoms with E-state index in [-0.39, 0.29) is 0 Å². The topological polar surface area (TPSA) is 44.3 Å². The van der Waals surface area contributed by atoms with Gasteiger partial charge in [0, 0.05) is 0 Å². The van der Waals surface area contributed by atoms with Crippen LogP contribution in [-0.4, -0.2) is 23.9 Å². The van der Waals surface area contributed by atoms with E-state index in [4.69, 9.17) is 9.05 Å². The van der Waals surface area contributed by atoms with E-state index in [1.807, 2.05) is 37.1 Å². The summed E-state index contributed by atoms with van der Waals surface area (Å²) in [6, 6.07) is 0. The molecule has 19 heavy (non-hydrogen) atoms. The Bertz CT molecular complexity index is 396. The molecule has 0 unspecified atom stereocenters. The molecule has 110 valence electrons. The Morgan fingerprint density at radius 2 is 1.89 bits per heavy atom. The van der Waals surface area contributed by atoms with E-state index in [1.54, 1.807) is 0 Å². The van der Waals surface area contributed by atoms with Gasteiger partial charge < -0.3 is 9.05 Å². The van der Waals surface area contributed by atoms with Crippen LogP contribution in [0.5, 0.6) is 0 Å². The zero-order chi connectivity index (χ0) is 14.1. The molecule has 0 radical (unpaired) electrons. The van der Waals surface area contributed by atoms with Gasteiger partial charge in [0.05, 0.1) is 25.9 Å². The lowest BCUT2D eigenvalue weighted by molar-refractivity contribution is -0.696. The molecular weight excluding hydrogens is 263 g/mol. The molecule has 0 saturated heterocycles. The van der Waals surface area contributed by atoms with E-state index in [9.17, 15) is 4.57 Å². The predicted molar refractivity (Wildman–Crippen MR) is 75.3 cm³/mol. The Labute approximate surface area is 116 Å². The van der Waals surface area contributed by atoms with Crippen LogP contribution in [0.25, 0.3) is 0 Å². The smallest absolute Gasteiger partial charge is 0.309 e. The second-order valence-electron chi connectivity index (χ2n) is 4.41. The van der Waals surface area contributed by atoms with Gasteiger partial charge in [-0.15, -0.1) is 0 Å². The van der Waals surface area contributed by atoms with Crippen molar-refractivity contribution in [2.45, 2.75) is 46.7 Å². The summed E-state index contributed by atoms with van der Waals surface area (Å²) in [4.78, 5) is 0. The molecule has 0 saturated carbocycles. The third kappa shape index (κ3) is 5.89. The molecule has 5 nitrogen and oxygen atoms in total. The highest BCUT2D eigenvalue weighted by Gasteiger charge is 2.24. The summed E-state index contributed by atoms with van der Waals surface area (Å²) in [6.07, 6.45) is 8.85. The van der Waals surface area contributed by atoms with Crippen molar-refractivity contribution in [2.75, 3.05) is 19.4 Å². The monoisotopic (exact) mass is 289 g/mol. The van der Waals surface area contributed by atoms with Gasteiger partial charge in [-0.25, -0.2) is 9.13 Å². The van der Waals surface area contributed by atoms with Gasteiger partial charge in [0.25, 0.3) is 0 Å². The number of hydrogen-bond acceptors (Lipinski definition) is 3. The van der Waals surface area contributed by atoms with Crippen LogP contribution in [-0.2, 0) is 26.7 Å². The largest absolute Gasteiger partial charge is 0.334 e. The first-order valence-corrected chi connectivity index (χ1v) is 8.79. The minimum absolute atomic E-state index is 0.414. The van der Waals surface area contributed by atoms with Crippen LogP contribution >= 0.6 is 7.60 Å². The highest BCUT2D eigenvalue weighted by atomic mass is 31.2. The van der Waals surface area contributed by atoms with Crippen LogP contribution < -0.4 is 4.57 Å². The first-order chi connectivity index (χ1) is 9.13. The number of imidazole rings is 1. The molecule has 0 atom stereocenters. The van der Waals surface area contributed by atoms with Gasteiger partial charge in [0.2, 0.25) is 6.33 Å². The average Bonchev–Trinajstić information content (AvgIpc) is 2.83. The summed E-state index contributed by atoms with van der Waals surface area (Å²) >= 11 is 0. The van der Waals surface area contributed by atoms with E-state index in [1.165, 1.54) is 12.8 Å². The Balaban J connectivity index is 2.49. The molecule has 1 heterocycles. The number of aromatic nitrogens is 2. The summed E-state index contributed by atoms with van der Waals surface area (Å²) in [5, 5.41) is 0. The third-order valence-electron chi connectivity index (χ3n) is 2.80. The Hall–Kier alpha value is -0.640. The molecule has 6 heteroatoms. The van der Waals surface area contributed by atoms with E-state index in [2.05, 4.69) is 11.5 Å². The van der Waals surface area contributed by atoms with Crippen LogP contribution in [0, 0.1) is 0 Å². The maximum Gasteiger partial charge on any atom is 0.334 e. The van der Waals surface area contributed by atoms with Crippen molar-refractivity contribution in [3.8, 4) is 0 Å². The van der Waals surface area contributed by atoms with Crippen LogP contribution in [0.4, 0.5) is 0 Å². The summed E-state index contributed by atoms with van der Waals surface area (Å²) in [5.41, 5.74) is 0. The zero-order valence-electron chi connectivity index (χ0n) is 12.2. The van der Waals surface area contributed by atoms with Crippen molar-refractivity contribution in [1.29, 1.82) is 0 Å². The average molecular weight is 289 g/mol. The number of aryl methyl sites for hydroxylation is 2. The molecular formula is C13H26N2O3P+. The standard InChI is InChI=1S/C13H26N2O3P/c1-4-7-8-14-9-10-15(13-14)11-12-19(16,17-5-2)18-6-3/h9-10,13H,4-8,11-12H2,1-3H3/q+1. The Morgan fingerprint density at radius 1 is 1.21 bits per heavy atom. The fourth-order valence-corrected chi connectivity index (χ4v) is 3.44. The molecule has 0 aliphatic rings. The first-order valence-electron chi connectivity index (χ1n) is 7.06. The van der Waals surface area contributed by atoms with Gasteiger partial charge in [-0.1, -0.05) is 13.3 Å². The lowest BCUT2D eigenvalue weighted by Crippen LogP contribution is -2.30. The number of unbranched alkanes of at least 4 members (excludes halogenated alkanes) is 1. The fourth-order valence-electron chi connectivity index (χ4n) is 1.84.